The fraction of sp³-hybridized carbons (Fsp3) is 0.800. The molecule has 0 unspecified atom stereocenters. The van der Waals surface area contributed by atoms with Gasteiger partial charge >= 0.3 is 0 Å². The third-order valence-electron chi connectivity index (χ3n) is 4.25. The summed E-state index contributed by atoms with van der Waals surface area (Å²) in [6.45, 7) is 5.99. The Morgan fingerprint density at radius 2 is 1.81 bits per heavy atom. The van der Waals surface area contributed by atoms with Crippen LogP contribution in [0.25, 0.3) is 0 Å². The van der Waals surface area contributed by atoms with Crippen molar-refractivity contribution in [2.24, 2.45) is 7.05 Å². The summed E-state index contributed by atoms with van der Waals surface area (Å²) in [4.78, 5) is 0.352. The Morgan fingerprint density at radius 1 is 1.24 bits per heavy atom. The average molecular weight is 313 g/mol. The Morgan fingerprint density at radius 3 is 2.33 bits per heavy atom. The molecule has 0 saturated heterocycles. The number of sulfonamides is 1. The van der Waals surface area contributed by atoms with E-state index in [1.165, 1.54) is 6.42 Å². The summed E-state index contributed by atoms with van der Waals surface area (Å²) in [5, 5.41) is 4.39. The van der Waals surface area contributed by atoms with Crippen LogP contribution in [0.2, 0.25) is 0 Å². The Bertz CT molecular complexity index is 593. The summed E-state index contributed by atoms with van der Waals surface area (Å²) in [5.41, 5.74) is 0.351. The average Bonchev–Trinajstić information content (AvgIpc) is 2.82. The molecule has 1 aliphatic carbocycles. The van der Waals surface area contributed by atoms with Crippen molar-refractivity contribution in [1.82, 2.24) is 14.1 Å². The van der Waals surface area contributed by atoms with Gasteiger partial charge in [0.2, 0.25) is 10.0 Å². The summed E-state index contributed by atoms with van der Waals surface area (Å²) in [6, 6.07) is 0.122. The highest BCUT2D eigenvalue weighted by Crippen LogP contribution is 2.32. The topological polar surface area (TPSA) is 55.2 Å². The summed E-state index contributed by atoms with van der Waals surface area (Å²) < 4.78 is 29.1. The van der Waals surface area contributed by atoms with Crippen LogP contribution in [0.4, 0.5) is 0 Å². The standard InChI is InChI=1S/C15H27N3O2S/c1-15(2,3)14-13(11-17(4)16-14)21(19,20)18(5)12-9-7-6-8-10-12/h11-12H,6-10H2,1-5H3. The second-order valence-corrected chi connectivity index (χ2v) is 9.04. The molecule has 0 bridgehead atoms. The molecule has 1 aromatic rings. The number of hydrogen-bond acceptors (Lipinski definition) is 3. The van der Waals surface area contributed by atoms with Crippen molar-refractivity contribution in [3.63, 3.8) is 0 Å². The van der Waals surface area contributed by atoms with E-state index in [0.717, 1.165) is 25.7 Å². The van der Waals surface area contributed by atoms with Gasteiger partial charge in [-0.15, -0.1) is 0 Å². The van der Waals surface area contributed by atoms with E-state index in [4.69, 9.17) is 0 Å². The minimum atomic E-state index is -3.48. The van der Waals surface area contributed by atoms with E-state index in [-0.39, 0.29) is 11.5 Å². The van der Waals surface area contributed by atoms with Crippen molar-refractivity contribution >= 4 is 10.0 Å². The number of aromatic nitrogens is 2. The molecule has 0 amide bonds. The van der Waals surface area contributed by atoms with Gasteiger partial charge in [0.25, 0.3) is 0 Å². The lowest BCUT2D eigenvalue weighted by Crippen LogP contribution is -2.39. The van der Waals surface area contributed by atoms with Gasteiger partial charge in [-0.3, -0.25) is 4.68 Å². The van der Waals surface area contributed by atoms with Crippen LogP contribution in [-0.2, 0) is 22.5 Å². The Balaban J connectivity index is 2.39. The normalized spacial score (nSPS) is 18.4. The lowest BCUT2D eigenvalue weighted by Gasteiger charge is -2.31. The van der Waals surface area contributed by atoms with E-state index >= 15 is 0 Å². The van der Waals surface area contributed by atoms with E-state index in [9.17, 15) is 8.42 Å². The van der Waals surface area contributed by atoms with Crippen molar-refractivity contribution in [2.45, 2.75) is 69.2 Å². The van der Waals surface area contributed by atoms with Crippen molar-refractivity contribution in [3.05, 3.63) is 11.9 Å². The summed E-state index contributed by atoms with van der Waals surface area (Å²) in [7, 11) is 0.00417. The Labute approximate surface area is 128 Å². The van der Waals surface area contributed by atoms with Gasteiger partial charge in [-0.1, -0.05) is 40.0 Å². The van der Waals surface area contributed by atoms with E-state index in [2.05, 4.69) is 5.10 Å². The van der Waals surface area contributed by atoms with Gasteiger partial charge in [0.15, 0.2) is 0 Å². The Kier molecular flexibility index (Phi) is 4.49. The molecule has 1 saturated carbocycles. The first-order chi connectivity index (χ1) is 9.64. The van der Waals surface area contributed by atoms with Crippen molar-refractivity contribution in [1.29, 1.82) is 0 Å². The second kappa shape index (κ2) is 5.72. The van der Waals surface area contributed by atoms with Crippen molar-refractivity contribution < 1.29 is 8.42 Å². The third kappa shape index (κ3) is 3.31. The van der Waals surface area contributed by atoms with Crippen LogP contribution in [0.15, 0.2) is 11.1 Å². The first kappa shape index (κ1) is 16.5. The van der Waals surface area contributed by atoms with Gasteiger partial charge in [0, 0.05) is 31.7 Å². The van der Waals surface area contributed by atoms with Gasteiger partial charge < -0.3 is 0 Å². The summed E-state index contributed by atoms with van der Waals surface area (Å²) in [5.74, 6) is 0. The minimum Gasteiger partial charge on any atom is -0.274 e. The van der Waals surface area contributed by atoms with Gasteiger partial charge in [-0.05, 0) is 12.8 Å². The van der Waals surface area contributed by atoms with Crippen molar-refractivity contribution in [2.75, 3.05) is 7.05 Å². The zero-order chi connectivity index (χ0) is 15.8. The molecule has 0 N–H and O–H groups in total. The molecular weight excluding hydrogens is 286 g/mol. The van der Waals surface area contributed by atoms with Crippen LogP contribution in [-0.4, -0.2) is 35.6 Å². The van der Waals surface area contributed by atoms with Gasteiger partial charge in [0.1, 0.15) is 4.90 Å². The molecule has 0 aromatic carbocycles. The molecule has 1 fully saturated rings. The molecule has 0 aliphatic heterocycles. The predicted molar refractivity (Wildman–Crippen MR) is 83.7 cm³/mol. The van der Waals surface area contributed by atoms with Crippen LogP contribution in [0.1, 0.15) is 58.6 Å². The predicted octanol–water partition coefficient (Wildman–Crippen LogP) is 2.67. The minimum absolute atomic E-state index is 0.122. The fourth-order valence-electron chi connectivity index (χ4n) is 2.97. The highest BCUT2D eigenvalue weighted by Gasteiger charge is 2.35. The lowest BCUT2D eigenvalue weighted by atomic mass is 9.92. The zero-order valence-electron chi connectivity index (χ0n) is 13.8. The highest BCUT2D eigenvalue weighted by atomic mass is 32.2. The fourth-order valence-corrected chi connectivity index (χ4v) is 4.76. The lowest BCUT2D eigenvalue weighted by molar-refractivity contribution is 0.285. The van der Waals surface area contributed by atoms with Crippen LogP contribution < -0.4 is 0 Å². The molecule has 5 nitrogen and oxygen atoms in total. The van der Waals surface area contributed by atoms with Gasteiger partial charge in [0.05, 0.1) is 5.69 Å². The second-order valence-electron chi connectivity index (χ2n) is 7.08. The molecule has 0 atom stereocenters. The molecule has 120 valence electrons. The molecular formula is C15H27N3O2S. The number of hydrogen-bond donors (Lipinski definition) is 0. The summed E-state index contributed by atoms with van der Waals surface area (Å²) >= 11 is 0. The Hall–Kier alpha value is -0.880. The quantitative estimate of drug-likeness (QED) is 0.862. The number of nitrogens with zero attached hydrogens (tertiary/aromatic N) is 3. The van der Waals surface area contributed by atoms with Gasteiger partial charge in [-0.25, -0.2) is 8.42 Å². The van der Waals surface area contributed by atoms with Gasteiger partial charge in [-0.2, -0.15) is 9.40 Å². The molecule has 1 aromatic heterocycles. The highest BCUT2D eigenvalue weighted by molar-refractivity contribution is 7.89. The monoisotopic (exact) mass is 313 g/mol. The van der Waals surface area contributed by atoms with Crippen molar-refractivity contribution in [3.8, 4) is 0 Å². The molecule has 0 radical (unpaired) electrons. The van der Waals surface area contributed by atoms with Crippen LogP contribution >= 0.6 is 0 Å². The molecule has 6 heteroatoms. The molecule has 2 rings (SSSR count). The van der Waals surface area contributed by atoms with E-state index < -0.39 is 10.0 Å². The number of aryl methyl sites for hydroxylation is 1. The van der Waals surface area contributed by atoms with Crippen LogP contribution in [0.3, 0.4) is 0 Å². The summed E-state index contributed by atoms with van der Waals surface area (Å²) in [6.07, 6.45) is 6.99. The maximum Gasteiger partial charge on any atom is 0.246 e. The first-order valence-electron chi connectivity index (χ1n) is 7.66. The van der Waals surface area contributed by atoms with Crippen LogP contribution in [0.5, 0.6) is 0 Å². The van der Waals surface area contributed by atoms with E-state index in [1.54, 1.807) is 29.3 Å². The molecule has 1 heterocycles. The largest absolute Gasteiger partial charge is 0.274 e. The maximum absolute atomic E-state index is 13.0. The maximum atomic E-state index is 13.0. The van der Waals surface area contributed by atoms with Crippen LogP contribution in [0, 0.1) is 0 Å². The van der Waals surface area contributed by atoms with E-state index in [1.807, 2.05) is 20.8 Å². The molecule has 0 spiro atoms. The molecule has 21 heavy (non-hydrogen) atoms. The first-order valence-corrected chi connectivity index (χ1v) is 9.10. The third-order valence-corrected chi connectivity index (χ3v) is 6.16. The van der Waals surface area contributed by atoms with E-state index in [0.29, 0.717) is 10.6 Å². The molecule has 1 aliphatic rings. The number of rotatable bonds is 3. The zero-order valence-corrected chi connectivity index (χ0v) is 14.6. The smallest absolute Gasteiger partial charge is 0.246 e. The SMILES string of the molecule is CN(C1CCCCC1)S(=O)(=O)c1cn(C)nc1C(C)(C)C.